The first-order chi connectivity index (χ1) is 10.1. The Morgan fingerprint density at radius 2 is 1.90 bits per heavy atom. The predicted octanol–water partition coefficient (Wildman–Crippen LogP) is 2.25. The average molecular weight is 289 g/mol. The molecule has 1 N–H and O–H groups in total. The van der Waals surface area contributed by atoms with Crippen molar-refractivity contribution in [3.8, 4) is 11.5 Å². The number of aromatic nitrogens is 2. The maximum absolute atomic E-state index is 5.38. The Bertz CT molecular complexity index is 608. The number of likely N-dealkylation sites (N-methyl/N-ethyl adjacent to an activating group) is 1. The second kappa shape index (κ2) is 6.63. The van der Waals surface area contributed by atoms with E-state index in [1.807, 2.05) is 37.8 Å². The second-order valence-corrected chi connectivity index (χ2v) is 5.06. The minimum absolute atomic E-state index is 0.194. The molecule has 0 bridgehead atoms. The molecule has 21 heavy (non-hydrogen) atoms. The van der Waals surface area contributed by atoms with Crippen molar-refractivity contribution in [3.05, 3.63) is 41.2 Å². The predicted molar refractivity (Wildman–Crippen MR) is 83.0 cm³/mol. The van der Waals surface area contributed by atoms with E-state index in [2.05, 4.69) is 22.5 Å². The van der Waals surface area contributed by atoms with Gasteiger partial charge in [-0.3, -0.25) is 4.68 Å². The maximum atomic E-state index is 5.38. The van der Waals surface area contributed by atoms with Crippen LogP contribution in [-0.4, -0.2) is 31.0 Å². The van der Waals surface area contributed by atoms with Crippen LogP contribution >= 0.6 is 0 Å². The van der Waals surface area contributed by atoms with Crippen LogP contribution in [0.1, 0.15) is 23.0 Å². The molecule has 0 spiro atoms. The summed E-state index contributed by atoms with van der Waals surface area (Å²) in [5.74, 6) is 1.49. The summed E-state index contributed by atoms with van der Waals surface area (Å²) < 4.78 is 12.6. The van der Waals surface area contributed by atoms with E-state index in [1.54, 1.807) is 14.2 Å². The summed E-state index contributed by atoms with van der Waals surface area (Å²) in [6.07, 6.45) is 0.864. The van der Waals surface area contributed by atoms with E-state index in [0.717, 1.165) is 29.2 Å². The summed E-state index contributed by atoms with van der Waals surface area (Å²) in [4.78, 5) is 0. The van der Waals surface area contributed by atoms with Crippen LogP contribution in [-0.2, 0) is 13.5 Å². The minimum Gasteiger partial charge on any atom is -0.493 e. The third-order valence-corrected chi connectivity index (χ3v) is 3.67. The Kier molecular flexibility index (Phi) is 4.85. The molecule has 2 aromatic rings. The quantitative estimate of drug-likeness (QED) is 0.886. The normalized spacial score (nSPS) is 12.2. The van der Waals surface area contributed by atoms with E-state index in [1.165, 1.54) is 5.69 Å². The van der Waals surface area contributed by atoms with Crippen molar-refractivity contribution in [2.45, 2.75) is 19.4 Å². The Balaban J connectivity index is 2.27. The highest BCUT2D eigenvalue weighted by Gasteiger charge is 2.15. The standard InChI is InChI=1S/C16H23N3O2/c1-11-8-13(19(3)18-11)10-14(17-2)12-6-7-15(20-4)16(9-12)21-5/h6-9,14,17H,10H2,1-5H3. The van der Waals surface area contributed by atoms with Crippen LogP contribution < -0.4 is 14.8 Å². The number of aryl methyl sites for hydroxylation is 2. The highest BCUT2D eigenvalue weighted by Crippen LogP contribution is 2.30. The highest BCUT2D eigenvalue weighted by atomic mass is 16.5. The summed E-state index contributed by atoms with van der Waals surface area (Å²) in [5.41, 5.74) is 3.39. The number of methoxy groups -OCH3 is 2. The molecule has 0 aliphatic carbocycles. The zero-order chi connectivity index (χ0) is 15.4. The number of hydrogen-bond acceptors (Lipinski definition) is 4. The molecule has 1 unspecified atom stereocenters. The lowest BCUT2D eigenvalue weighted by atomic mass is 10.0. The maximum Gasteiger partial charge on any atom is 0.161 e. The van der Waals surface area contributed by atoms with Crippen molar-refractivity contribution in [1.82, 2.24) is 15.1 Å². The SMILES string of the molecule is CNC(Cc1cc(C)nn1C)c1ccc(OC)c(OC)c1. The Hall–Kier alpha value is -2.01. The number of nitrogens with one attached hydrogen (secondary N) is 1. The monoisotopic (exact) mass is 289 g/mol. The molecule has 0 radical (unpaired) electrons. The molecule has 1 atom stereocenters. The number of hydrogen-bond donors (Lipinski definition) is 1. The van der Waals surface area contributed by atoms with Gasteiger partial charge < -0.3 is 14.8 Å². The smallest absolute Gasteiger partial charge is 0.161 e. The topological polar surface area (TPSA) is 48.3 Å². The van der Waals surface area contributed by atoms with Gasteiger partial charge in [0.1, 0.15) is 0 Å². The molecule has 114 valence electrons. The van der Waals surface area contributed by atoms with Crippen LogP contribution in [0.25, 0.3) is 0 Å². The van der Waals surface area contributed by atoms with Crippen LogP contribution in [0, 0.1) is 6.92 Å². The van der Waals surface area contributed by atoms with Gasteiger partial charge in [0, 0.05) is 25.2 Å². The molecule has 0 saturated carbocycles. The molecular formula is C16H23N3O2. The fraction of sp³-hybridized carbons (Fsp3) is 0.438. The highest BCUT2D eigenvalue weighted by molar-refractivity contribution is 5.44. The van der Waals surface area contributed by atoms with Crippen molar-refractivity contribution in [3.63, 3.8) is 0 Å². The molecule has 1 aromatic heterocycles. The van der Waals surface area contributed by atoms with Crippen molar-refractivity contribution >= 4 is 0 Å². The third-order valence-electron chi connectivity index (χ3n) is 3.67. The van der Waals surface area contributed by atoms with Gasteiger partial charge in [-0.2, -0.15) is 5.10 Å². The molecule has 0 amide bonds. The summed E-state index contributed by atoms with van der Waals surface area (Å²) in [6.45, 7) is 2.01. The average Bonchev–Trinajstić information content (AvgIpc) is 2.81. The molecule has 0 aliphatic rings. The summed E-state index contributed by atoms with van der Waals surface area (Å²) in [6, 6.07) is 8.33. The lowest BCUT2D eigenvalue weighted by molar-refractivity contribution is 0.354. The molecular weight excluding hydrogens is 266 g/mol. The summed E-state index contributed by atoms with van der Waals surface area (Å²) in [7, 11) is 7.24. The molecule has 1 aromatic carbocycles. The van der Waals surface area contributed by atoms with Gasteiger partial charge in [-0.05, 0) is 37.7 Å². The molecule has 2 rings (SSSR count). The Morgan fingerprint density at radius 1 is 1.19 bits per heavy atom. The lowest BCUT2D eigenvalue weighted by Crippen LogP contribution is -2.20. The van der Waals surface area contributed by atoms with Gasteiger partial charge in [-0.15, -0.1) is 0 Å². The molecule has 5 nitrogen and oxygen atoms in total. The number of rotatable bonds is 6. The van der Waals surface area contributed by atoms with Gasteiger partial charge in [0.15, 0.2) is 11.5 Å². The molecule has 0 saturated heterocycles. The minimum atomic E-state index is 0.194. The van der Waals surface area contributed by atoms with E-state index < -0.39 is 0 Å². The summed E-state index contributed by atoms with van der Waals surface area (Å²) in [5, 5.41) is 7.75. The molecule has 0 aliphatic heterocycles. The number of ether oxygens (including phenoxy) is 2. The van der Waals surface area contributed by atoms with E-state index in [9.17, 15) is 0 Å². The summed E-state index contributed by atoms with van der Waals surface area (Å²) >= 11 is 0. The van der Waals surface area contributed by atoms with Gasteiger partial charge in [0.05, 0.1) is 19.9 Å². The molecule has 0 fully saturated rings. The zero-order valence-corrected chi connectivity index (χ0v) is 13.3. The van der Waals surface area contributed by atoms with Crippen LogP contribution in [0.5, 0.6) is 11.5 Å². The van der Waals surface area contributed by atoms with Gasteiger partial charge >= 0.3 is 0 Å². The first kappa shape index (κ1) is 15.4. The van der Waals surface area contributed by atoms with Crippen molar-refractivity contribution in [2.24, 2.45) is 7.05 Å². The Morgan fingerprint density at radius 3 is 2.43 bits per heavy atom. The largest absolute Gasteiger partial charge is 0.493 e. The van der Waals surface area contributed by atoms with Gasteiger partial charge in [0.25, 0.3) is 0 Å². The van der Waals surface area contributed by atoms with E-state index in [-0.39, 0.29) is 6.04 Å². The van der Waals surface area contributed by atoms with Crippen molar-refractivity contribution in [1.29, 1.82) is 0 Å². The van der Waals surface area contributed by atoms with Crippen LogP contribution in [0.4, 0.5) is 0 Å². The van der Waals surface area contributed by atoms with Crippen LogP contribution in [0.15, 0.2) is 24.3 Å². The van der Waals surface area contributed by atoms with Crippen LogP contribution in [0.2, 0.25) is 0 Å². The van der Waals surface area contributed by atoms with Crippen molar-refractivity contribution in [2.75, 3.05) is 21.3 Å². The number of nitrogens with zero attached hydrogens (tertiary/aromatic N) is 2. The van der Waals surface area contributed by atoms with E-state index in [0.29, 0.717) is 0 Å². The fourth-order valence-corrected chi connectivity index (χ4v) is 2.52. The van der Waals surface area contributed by atoms with Gasteiger partial charge in [-0.25, -0.2) is 0 Å². The van der Waals surface area contributed by atoms with Crippen LogP contribution in [0.3, 0.4) is 0 Å². The van der Waals surface area contributed by atoms with E-state index >= 15 is 0 Å². The third kappa shape index (κ3) is 3.36. The fourth-order valence-electron chi connectivity index (χ4n) is 2.52. The first-order valence-electron chi connectivity index (χ1n) is 6.97. The zero-order valence-electron chi connectivity index (χ0n) is 13.3. The van der Waals surface area contributed by atoms with E-state index in [4.69, 9.17) is 9.47 Å². The van der Waals surface area contributed by atoms with Gasteiger partial charge in [0.2, 0.25) is 0 Å². The lowest BCUT2D eigenvalue weighted by Gasteiger charge is -2.18. The second-order valence-electron chi connectivity index (χ2n) is 5.06. The number of benzene rings is 1. The molecule has 1 heterocycles. The van der Waals surface area contributed by atoms with Crippen molar-refractivity contribution < 1.29 is 9.47 Å². The van der Waals surface area contributed by atoms with Gasteiger partial charge in [-0.1, -0.05) is 6.07 Å². The Labute approximate surface area is 125 Å². The first-order valence-corrected chi connectivity index (χ1v) is 6.97. The molecule has 5 heteroatoms.